The van der Waals surface area contributed by atoms with Gasteiger partial charge in [0.05, 0.1) is 6.61 Å². The monoisotopic (exact) mass is 556 g/mol. The molecule has 0 atom stereocenters. The van der Waals surface area contributed by atoms with Crippen LogP contribution in [0.4, 0.5) is 5.69 Å². The van der Waals surface area contributed by atoms with Crippen LogP contribution in [0, 0.1) is 0 Å². The van der Waals surface area contributed by atoms with Crippen LogP contribution in [-0.4, -0.2) is 47.1 Å². The minimum Gasteiger partial charge on any atom is -0.494 e. The third-order valence-electron chi connectivity index (χ3n) is 6.28. The van der Waals surface area contributed by atoms with Crippen LogP contribution in [0.5, 0.6) is 5.75 Å². The SMILES string of the molecule is CC(=O)N(C)c1ccc(OCCCN(CCn2ccc3ccccc3c2=O)Cc2ccncc2)cc1.Cl.Cl. The van der Waals surface area contributed by atoms with Gasteiger partial charge in [0.15, 0.2) is 0 Å². The number of carbonyl (C=O) groups excluding carboxylic acids is 1. The normalized spacial score (nSPS) is 10.5. The Balaban J connectivity index is 0.00000253. The summed E-state index contributed by atoms with van der Waals surface area (Å²) in [6.07, 6.45) is 6.33. The van der Waals surface area contributed by atoms with Gasteiger partial charge in [0, 0.05) is 69.8 Å². The van der Waals surface area contributed by atoms with Crippen molar-refractivity contribution in [3.8, 4) is 5.75 Å². The number of ether oxygens (including phenoxy) is 1. The number of pyridine rings is 2. The number of rotatable bonds is 11. The number of hydrogen-bond acceptors (Lipinski definition) is 5. The smallest absolute Gasteiger partial charge is 0.258 e. The Morgan fingerprint density at radius 3 is 2.37 bits per heavy atom. The maximum atomic E-state index is 12.9. The molecule has 0 radical (unpaired) electrons. The van der Waals surface area contributed by atoms with E-state index in [9.17, 15) is 9.59 Å². The third kappa shape index (κ3) is 8.31. The van der Waals surface area contributed by atoms with Gasteiger partial charge in [-0.3, -0.25) is 19.5 Å². The largest absolute Gasteiger partial charge is 0.494 e. The number of fused-ring (bicyclic) bond motifs is 1. The highest BCUT2D eigenvalue weighted by Gasteiger charge is 2.09. The molecule has 2 aromatic heterocycles. The van der Waals surface area contributed by atoms with Crippen molar-refractivity contribution < 1.29 is 9.53 Å². The lowest BCUT2D eigenvalue weighted by Crippen LogP contribution is -2.32. The first-order valence-electron chi connectivity index (χ1n) is 12.2. The van der Waals surface area contributed by atoms with E-state index in [0.29, 0.717) is 13.2 Å². The molecule has 0 aliphatic heterocycles. The van der Waals surface area contributed by atoms with Crippen molar-refractivity contribution in [2.45, 2.75) is 26.4 Å². The molecule has 0 aliphatic carbocycles. The van der Waals surface area contributed by atoms with Crippen molar-refractivity contribution in [3.63, 3.8) is 0 Å². The summed E-state index contributed by atoms with van der Waals surface area (Å²) in [6, 6.07) is 21.3. The van der Waals surface area contributed by atoms with E-state index in [1.807, 2.05) is 72.9 Å². The number of carbonyl (C=O) groups is 1. The topological polar surface area (TPSA) is 67.7 Å². The summed E-state index contributed by atoms with van der Waals surface area (Å²) in [7, 11) is 1.75. The van der Waals surface area contributed by atoms with Gasteiger partial charge >= 0.3 is 0 Å². The highest BCUT2D eigenvalue weighted by Crippen LogP contribution is 2.19. The molecule has 2 aromatic carbocycles. The Morgan fingerprint density at radius 2 is 1.66 bits per heavy atom. The standard InChI is InChI=1S/C29H32N4O3.2ClH/c1-23(34)31(2)26-8-10-27(11-9-26)36-21-5-17-32(22-24-12-15-30-16-13-24)19-20-33-18-14-25-6-3-4-7-28(25)29(33)35;;/h3-4,6-16,18H,5,17,19-22H2,1-2H3;2*1H. The van der Waals surface area contributed by atoms with E-state index < -0.39 is 0 Å². The second-order valence-corrected chi connectivity index (χ2v) is 8.81. The first kappa shape index (κ1) is 30.8. The van der Waals surface area contributed by atoms with Crippen molar-refractivity contribution in [2.24, 2.45) is 0 Å². The maximum absolute atomic E-state index is 12.9. The average Bonchev–Trinajstić information content (AvgIpc) is 2.91. The van der Waals surface area contributed by atoms with E-state index in [1.54, 1.807) is 35.8 Å². The average molecular weight is 558 g/mol. The molecule has 1 amide bonds. The highest BCUT2D eigenvalue weighted by atomic mass is 35.5. The fourth-order valence-corrected chi connectivity index (χ4v) is 4.10. The summed E-state index contributed by atoms with van der Waals surface area (Å²) < 4.78 is 7.73. The Bertz CT molecular complexity index is 1350. The summed E-state index contributed by atoms with van der Waals surface area (Å²) in [5.41, 5.74) is 2.06. The Kier molecular flexibility index (Phi) is 12.3. The van der Waals surface area contributed by atoms with E-state index >= 15 is 0 Å². The van der Waals surface area contributed by atoms with Gasteiger partial charge in [-0.05, 0) is 65.9 Å². The van der Waals surface area contributed by atoms with Crippen molar-refractivity contribution >= 4 is 47.2 Å². The number of benzene rings is 2. The quantitative estimate of drug-likeness (QED) is 0.238. The highest BCUT2D eigenvalue weighted by molar-refractivity contribution is 5.90. The van der Waals surface area contributed by atoms with E-state index in [4.69, 9.17) is 4.74 Å². The van der Waals surface area contributed by atoms with Gasteiger partial charge in [-0.1, -0.05) is 18.2 Å². The Hall–Kier alpha value is -3.39. The van der Waals surface area contributed by atoms with Gasteiger partial charge in [-0.25, -0.2) is 0 Å². The molecule has 0 saturated heterocycles. The van der Waals surface area contributed by atoms with Crippen molar-refractivity contribution in [3.05, 3.63) is 101 Å². The number of amides is 1. The van der Waals surface area contributed by atoms with E-state index in [0.717, 1.165) is 48.3 Å². The number of nitrogens with zero attached hydrogens (tertiary/aromatic N) is 4. The summed E-state index contributed by atoms with van der Waals surface area (Å²) in [5, 5.41) is 1.71. The zero-order chi connectivity index (χ0) is 25.3. The summed E-state index contributed by atoms with van der Waals surface area (Å²) in [4.78, 5) is 32.5. The molecule has 0 unspecified atom stereocenters. The molecule has 202 valence electrons. The van der Waals surface area contributed by atoms with Crippen LogP contribution in [0.2, 0.25) is 0 Å². The number of hydrogen-bond donors (Lipinski definition) is 0. The van der Waals surface area contributed by atoms with E-state index in [-0.39, 0.29) is 36.3 Å². The van der Waals surface area contributed by atoms with E-state index in [1.165, 1.54) is 5.56 Å². The van der Waals surface area contributed by atoms with Crippen LogP contribution in [0.3, 0.4) is 0 Å². The molecular formula is C29H34Cl2N4O3. The molecule has 0 saturated carbocycles. The molecule has 7 nitrogen and oxygen atoms in total. The van der Waals surface area contributed by atoms with Gasteiger partial charge in [0.2, 0.25) is 5.91 Å². The molecule has 4 rings (SSSR count). The van der Waals surface area contributed by atoms with Gasteiger partial charge in [0.25, 0.3) is 5.56 Å². The first-order chi connectivity index (χ1) is 17.5. The van der Waals surface area contributed by atoms with Crippen molar-refractivity contribution in [2.75, 3.05) is 31.6 Å². The third-order valence-corrected chi connectivity index (χ3v) is 6.28. The van der Waals surface area contributed by atoms with Gasteiger partial charge in [0.1, 0.15) is 5.75 Å². The van der Waals surface area contributed by atoms with Gasteiger partial charge < -0.3 is 14.2 Å². The number of aromatic nitrogens is 2. The lowest BCUT2D eigenvalue weighted by atomic mass is 10.2. The number of anilines is 1. The lowest BCUT2D eigenvalue weighted by molar-refractivity contribution is -0.116. The predicted molar refractivity (Wildman–Crippen MR) is 158 cm³/mol. The Morgan fingerprint density at radius 1 is 0.947 bits per heavy atom. The fraction of sp³-hybridized carbons (Fsp3) is 0.276. The molecule has 0 fully saturated rings. The molecule has 0 bridgehead atoms. The minimum absolute atomic E-state index is 0. The van der Waals surface area contributed by atoms with Gasteiger partial charge in [-0.2, -0.15) is 0 Å². The van der Waals surface area contributed by atoms with Crippen molar-refractivity contribution in [1.29, 1.82) is 0 Å². The fourth-order valence-electron chi connectivity index (χ4n) is 4.10. The summed E-state index contributed by atoms with van der Waals surface area (Å²) >= 11 is 0. The molecule has 2 heterocycles. The van der Waals surface area contributed by atoms with Gasteiger partial charge in [-0.15, -0.1) is 24.8 Å². The van der Waals surface area contributed by atoms with E-state index in [2.05, 4.69) is 9.88 Å². The maximum Gasteiger partial charge on any atom is 0.258 e. The molecular weight excluding hydrogens is 523 g/mol. The minimum atomic E-state index is -0.0103. The van der Waals surface area contributed by atoms with Crippen LogP contribution in [0.15, 0.2) is 90.1 Å². The second-order valence-electron chi connectivity index (χ2n) is 8.81. The first-order valence-corrected chi connectivity index (χ1v) is 12.2. The van der Waals surface area contributed by atoms with Crippen molar-refractivity contribution in [1.82, 2.24) is 14.5 Å². The molecule has 9 heteroatoms. The molecule has 38 heavy (non-hydrogen) atoms. The summed E-state index contributed by atoms with van der Waals surface area (Å²) in [5.74, 6) is 0.767. The van der Waals surface area contributed by atoms with Crippen LogP contribution in [0.25, 0.3) is 10.8 Å². The second kappa shape index (κ2) is 15.1. The van der Waals surface area contributed by atoms with Crippen LogP contribution >= 0.6 is 24.8 Å². The molecule has 0 spiro atoms. The molecule has 0 aliphatic rings. The predicted octanol–water partition coefficient (Wildman–Crippen LogP) is 5.19. The molecule has 0 N–H and O–H groups in total. The van der Waals surface area contributed by atoms with Crippen LogP contribution < -0.4 is 15.2 Å². The Labute approximate surface area is 235 Å². The number of halogens is 2. The lowest BCUT2D eigenvalue weighted by Gasteiger charge is -2.23. The van der Waals surface area contributed by atoms with Crippen LogP contribution in [-0.2, 0) is 17.9 Å². The zero-order valence-electron chi connectivity index (χ0n) is 21.7. The van der Waals surface area contributed by atoms with Crippen LogP contribution in [0.1, 0.15) is 18.9 Å². The molecule has 4 aromatic rings. The zero-order valence-corrected chi connectivity index (χ0v) is 23.3. The summed E-state index contributed by atoms with van der Waals surface area (Å²) in [6.45, 7) is 5.07.